The monoisotopic (exact) mass is 450 g/mol. The number of aryl methyl sites for hydroxylation is 2. The van der Waals surface area contributed by atoms with Crippen molar-refractivity contribution in [2.75, 3.05) is 20.8 Å². The lowest BCUT2D eigenvalue weighted by molar-refractivity contribution is 0.298. The van der Waals surface area contributed by atoms with E-state index in [-0.39, 0.29) is 0 Å². The van der Waals surface area contributed by atoms with Crippen LogP contribution in [0, 0.1) is 13.8 Å². The van der Waals surface area contributed by atoms with Gasteiger partial charge in [0.2, 0.25) is 0 Å². The summed E-state index contributed by atoms with van der Waals surface area (Å²) in [5.74, 6) is 3.23. The van der Waals surface area contributed by atoms with Crippen LogP contribution >= 0.6 is 11.6 Å². The molecule has 6 heteroatoms. The van der Waals surface area contributed by atoms with Gasteiger partial charge < -0.3 is 18.8 Å². The van der Waals surface area contributed by atoms with Gasteiger partial charge >= 0.3 is 0 Å². The molecule has 0 amide bonds. The van der Waals surface area contributed by atoms with Gasteiger partial charge in [0, 0.05) is 11.4 Å². The van der Waals surface area contributed by atoms with E-state index in [4.69, 9.17) is 30.8 Å². The Bertz CT molecular complexity index is 1230. The zero-order chi connectivity index (χ0) is 22.7. The average molecular weight is 451 g/mol. The molecule has 4 aromatic rings. The third kappa shape index (κ3) is 4.53. The summed E-state index contributed by atoms with van der Waals surface area (Å²) in [6.45, 7) is 5.20. The minimum absolute atomic E-state index is 0.528. The van der Waals surface area contributed by atoms with Gasteiger partial charge in [0.25, 0.3) is 0 Å². The Morgan fingerprint density at radius 3 is 2.34 bits per heavy atom. The van der Waals surface area contributed by atoms with Crippen molar-refractivity contribution in [3.63, 3.8) is 0 Å². The number of para-hydroxylation sites is 2. The molecule has 3 aromatic carbocycles. The predicted octanol–water partition coefficient (Wildman–Crippen LogP) is 5.99. The molecule has 0 aliphatic heterocycles. The summed E-state index contributed by atoms with van der Waals surface area (Å²) in [7, 11) is 3.29. The smallest absolute Gasteiger partial charge is 0.161 e. The van der Waals surface area contributed by atoms with Crippen LogP contribution in [0.2, 0.25) is 5.02 Å². The summed E-state index contributed by atoms with van der Waals surface area (Å²) >= 11 is 6.28. The zero-order valence-electron chi connectivity index (χ0n) is 18.8. The van der Waals surface area contributed by atoms with Gasteiger partial charge in [-0.1, -0.05) is 29.8 Å². The van der Waals surface area contributed by atoms with E-state index in [0.717, 1.165) is 44.3 Å². The van der Waals surface area contributed by atoms with Crippen molar-refractivity contribution in [3.8, 4) is 17.2 Å². The van der Waals surface area contributed by atoms with Crippen LogP contribution < -0.4 is 14.2 Å². The van der Waals surface area contributed by atoms with Crippen molar-refractivity contribution < 1.29 is 14.2 Å². The van der Waals surface area contributed by atoms with Gasteiger partial charge in [-0.3, -0.25) is 0 Å². The molecule has 0 spiro atoms. The molecule has 0 bridgehead atoms. The van der Waals surface area contributed by atoms with E-state index in [1.807, 2.05) is 62.4 Å². The van der Waals surface area contributed by atoms with Gasteiger partial charge in [-0.25, -0.2) is 4.98 Å². The summed E-state index contributed by atoms with van der Waals surface area (Å²) in [5.41, 5.74) is 5.20. The van der Waals surface area contributed by atoms with Crippen molar-refractivity contribution in [1.29, 1.82) is 0 Å². The second kappa shape index (κ2) is 9.53. The van der Waals surface area contributed by atoms with Crippen molar-refractivity contribution in [1.82, 2.24) is 9.55 Å². The second-order valence-electron chi connectivity index (χ2n) is 7.75. The Hall–Kier alpha value is -3.18. The number of aromatic nitrogens is 2. The van der Waals surface area contributed by atoms with E-state index in [9.17, 15) is 0 Å². The number of ether oxygens (including phenoxy) is 3. The van der Waals surface area contributed by atoms with E-state index in [0.29, 0.717) is 31.1 Å². The summed E-state index contributed by atoms with van der Waals surface area (Å²) in [5, 5.41) is 0.787. The van der Waals surface area contributed by atoms with Gasteiger partial charge in [-0.05, 0) is 66.9 Å². The minimum atomic E-state index is 0.528. The molecule has 0 aliphatic carbocycles. The molecule has 4 rings (SSSR count). The molecule has 0 unspecified atom stereocenters. The number of benzene rings is 3. The first-order valence-corrected chi connectivity index (χ1v) is 10.9. The average Bonchev–Trinajstić information content (AvgIpc) is 3.14. The van der Waals surface area contributed by atoms with Gasteiger partial charge in [-0.15, -0.1) is 0 Å². The van der Waals surface area contributed by atoms with Crippen molar-refractivity contribution in [3.05, 3.63) is 82.1 Å². The number of hydrogen-bond acceptors (Lipinski definition) is 4. The third-order valence-electron chi connectivity index (χ3n) is 5.54. The lowest BCUT2D eigenvalue weighted by Crippen LogP contribution is -2.12. The minimum Gasteiger partial charge on any atom is -0.493 e. The molecule has 0 radical (unpaired) electrons. The highest BCUT2D eigenvalue weighted by molar-refractivity contribution is 6.32. The highest BCUT2D eigenvalue weighted by atomic mass is 35.5. The Labute approximate surface area is 193 Å². The summed E-state index contributed by atoms with van der Waals surface area (Å²) < 4.78 is 19.1. The summed E-state index contributed by atoms with van der Waals surface area (Å²) in [4.78, 5) is 4.89. The van der Waals surface area contributed by atoms with E-state index < -0.39 is 0 Å². The third-order valence-corrected chi connectivity index (χ3v) is 6.13. The maximum absolute atomic E-state index is 6.28. The van der Waals surface area contributed by atoms with Crippen LogP contribution in [0.25, 0.3) is 11.0 Å². The SMILES string of the molecule is COc1ccc(Cc2nc3ccccc3n2CCOc2cc(C)c(Cl)c(C)c2)cc1OC. The van der Waals surface area contributed by atoms with E-state index in [1.165, 1.54) is 0 Å². The maximum Gasteiger partial charge on any atom is 0.161 e. The van der Waals surface area contributed by atoms with Crippen molar-refractivity contribution >= 4 is 22.6 Å². The van der Waals surface area contributed by atoms with E-state index in [1.54, 1.807) is 14.2 Å². The Kier molecular flexibility index (Phi) is 6.56. The molecule has 166 valence electrons. The number of imidazole rings is 1. The molecule has 0 N–H and O–H groups in total. The molecular weight excluding hydrogens is 424 g/mol. The number of nitrogens with zero attached hydrogens (tertiary/aromatic N) is 2. The fourth-order valence-electron chi connectivity index (χ4n) is 3.93. The number of halogens is 1. The quantitative estimate of drug-likeness (QED) is 0.330. The first kappa shape index (κ1) is 22.0. The summed E-state index contributed by atoms with van der Waals surface area (Å²) in [6, 6.07) is 18.1. The molecule has 0 fully saturated rings. The number of rotatable bonds is 8. The Morgan fingerprint density at radius 2 is 1.62 bits per heavy atom. The van der Waals surface area contributed by atoms with Gasteiger partial charge in [0.1, 0.15) is 18.2 Å². The molecule has 1 heterocycles. The molecule has 0 saturated heterocycles. The zero-order valence-corrected chi connectivity index (χ0v) is 19.6. The van der Waals surface area contributed by atoms with Crippen LogP contribution in [0.4, 0.5) is 0 Å². The fourth-order valence-corrected chi connectivity index (χ4v) is 4.04. The standard InChI is InChI=1S/C26H27ClN2O3/c1-17-13-20(14-18(2)26(17)27)32-12-11-29-22-8-6-5-7-21(22)28-25(29)16-19-9-10-23(30-3)24(15-19)31-4/h5-10,13-15H,11-12,16H2,1-4H3. The number of fused-ring (bicyclic) bond motifs is 1. The molecule has 0 aliphatic rings. The van der Waals surface area contributed by atoms with E-state index >= 15 is 0 Å². The fraction of sp³-hybridized carbons (Fsp3) is 0.269. The predicted molar refractivity (Wildman–Crippen MR) is 129 cm³/mol. The van der Waals surface area contributed by atoms with Gasteiger partial charge in [0.15, 0.2) is 11.5 Å². The largest absolute Gasteiger partial charge is 0.493 e. The van der Waals surface area contributed by atoms with Crippen LogP contribution in [0.3, 0.4) is 0 Å². The van der Waals surface area contributed by atoms with Crippen LogP contribution in [0.1, 0.15) is 22.5 Å². The molecule has 0 atom stereocenters. The van der Waals surface area contributed by atoms with Gasteiger partial charge in [-0.2, -0.15) is 0 Å². The number of methoxy groups -OCH3 is 2. The van der Waals surface area contributed by atoms with Crippen LogP contribution in [-0.4, -0.2) is 30.4 Å². The first-order chi connectivity index (χ1) is 15.5. The lowest BCUT2D eigenvalue weighted by atomic mass is 10.1. The first-order valence-electron chi connectivity index (χ1n) is 10.5. The molecule has 5 nitrogen and oxygen atoms in total. The summed E-state index contributed by atoms with van der Waals surface area (Å²) in [6.07, 6.45) is 0.675. The molecule has 0 saturated carbocycles. The highest BCUT2D eigenvalue weighted by Gasteiger charge is 2.13. The second-order valence-corrected chi connectivity index (χ2v) is 8.13. The van der Waals surface area contributed by atoms with Crippen LogP contribution in [0.15, 0.2) is 54.6 Å². The van der Waals surface area contributed by atoms with Crippen LogP contribution in [0.5, 0.6) is 17.2 Å². The molecule has 1 aromatic heterocycles. The Morgan fingerprint density at radius 1 is 0.906 bits per heavy atom. The van der Waals surface area contributed by atoms with Crippen LogP contribution in [-0.2, 0) is 13.0 Å². The molecular formula is C26H27ClN2O3. The lowest BCUT2D eigenvalue weighted by Gasteiger charge is -2.13. The maximum atomic E-state index is 6.28. The van der Waals surface area contributed by atoms with Gasteiger partial charge in [0.05, 0.1) is 31.8 Å². The Balaban J connectivity index is 1.58. The van der Waals surface area contributed by atoms with Crippen molar-refractivity contribution in [2.45, 2.75) is 26.8 Å². The molecule has 32 heavy (non-hydrogen) atoms. The normalized spacial score (nSPS) is 11.0. The number of hydrogen-bond donors (Lipinski definition) is 0. The van der Waals surface area contributed by atoms with Crippen molar-refractivity contribution in [2.24, 2.45) is 0 Å². The topological polar surface area (TPSA) is 45.5 Å². The highest BCUT2D eigenvalue weighted by Crippen LogP contribution is 2.29. The van der Waals surface area contributed by atoms with E-state index in [2.05, 4.69) is 10.6 Å².